The lowest BCUT2D eigenvalue weighted by molar-refractivity contribution is -0.139. The Labute approximate surface area is 226 Å². The van der Waals surface area contributed by atoms with Gasteiger partial charge < -0.3 is 31.3 Å². The van der Waals surface area contributed by atoms with Crippen molar-refractivity contribution >= 4 is 29.5 Å². The zero-order chi connectivity index (χ0) is 27.8. The number of methoxy groups -OCH3 is 1. The largest absolute Gasteiger partial charge is 0.381 e. The van der Waals surface area contributed by atoms with Crippen LogP contribution in [0.5, 0.6) is 0 Å². The van der Waals surface area contributed by atoms with E-state index in [2.05, 4.69) is 16.0 Å². The third-order valence-corrected chi connectivity index (χ3v) is 7.34. The second kappa shape index (κ2) is 17.8. The lowest BCUT2D eigenvalue weighted by Gasteiger charge is -2.34. The summed E-state index contributed by atoms with van der Waals surface area (Å²) < 4.78 is 5.39. The molecule has 0 radical (unpaired) electrons. The van der Waals surface area contributed by atoms with Crippen molar-refractivity contribution < 1.29 is 28.7 Å². The molecule has 5 N–H and O–H groups in total. The van der Waals surface area contributed by atoms with E-state index in [0.717, 1.165) is 64.2 Å². The van der Waals surface area contributed by atoms with Crippen molar-refractivity contribution in [1.29, 1.82) is 0 Å². The molecule has 2 saturated heterocycles. The Morgan fingerprint density at radius 2 is 1.47 bits per heavy atom. The Kier molecular flexibility index (Phi) is 14.7. The molecule has 11 nitrogen and oxygen atoms in total. The summed E-state index contributed by atoms with van der Waals surface area (Å²) in [5, 5.41) is 8.41. The van der Waals surface area contributed by atoms with E-state index < -0.39 is 23.9 Å². The Bertz CT molecular complexity index is 784. The molecule has 0 bridgehead atoms. The second-order valence-corrected chi connectivity index (χ2v) is 10.4. The summed E-state index contributed by atoms with van der Waals surface area (Å²) in [5.41, 5.74) is 5.26. The van der Waals surface area contributed by atoms with E-state index in [1.165, 1.54) is 0 Å². The zero-order valence-electron chi connectivity index (χ0n) is 22.9. The number of amides is 5. The van der Waals surface area contributed by atoms with Crippen molar-refractivity contribution in [3.63, 3.8) is 0 Å². The molecule has 2 aliphatic rings. The first-order chi connectivity index (χ1) is 18.3. The van der Waals surface area contributed by atoms with Crippen LogP contribution in [-0.2, 0) is 28.7 Å². The molecule has 0 aromatic rings. The SMILES string of the molecule is COC1CCN(C(=O)[C@@H]2CCC(=O)N[C@@H](CCC(N)=O)C(=O)NCCCCCCCCCCC(=O)N2)CC1. The Morgan fingerprint density at radius 1 is 0.868 bits per heavy atom. The van der Waals surface area contributed by atoms with E-state index >= 15 is 0 Å². The minimum atomic E-state index is -0.891. The number of nitrogens with one attached hydrogen (secondary N) is 3. The van der Waals surface area contributed by atoms with Crippen LogP contribution in [0.1, 0.15) is 96.3 Å². The molecule has 0 aromatic heterocycles. The van der Waals surface area contributed by atoms with Gasteiger partial charge in [-0.3, -0.25) is 24.0 Å². The first kappa shape index (κ1) is 31.5. The molecular formula is C27H47N5O6. The van der Waals surface area contributed by atoms with Gasteiger partial charge in [-0.25, -0.2) is 0 Å². The first-order valence-electron chi connectivity index (χ1n) is 14.3. The van der Waals surface area contributed by atoms with Crippen LogP contribution in [-0.4, -0.2) is 79.4 Å². The molecule has 11 heteroatoms. The van der Waals surface area contributed by atoms with Gasteiger partial charge in [0.2, 0.25) is 29.5 Å². The van der Waals surface area contributed by atoms with Gasteiger partial charge in [0.1, 0.15) is 12.1 Å². The molecule has 38 heavy (non-hydrogen) atoms. The predicted molar refractivity (Wildman–Crippen MR) is 143 cm³/mol. The van der Waals surface area contributed by atoms with Crippen LogP contribution in [0.25, 0.3) is 0 Å². The van der Waals surface area contributed by atoms with Crippen LogP contribution < -0.4 is 21.7 Å². The van der Waals surface area contributed by atoms with Crippen LogP contribution in [0.4, 0.5) is 0 Å². The molecule has 0 unspecified atom stereocenters. The van der Waals surface area contributed by atoms with Crippen LogP contribution in [0.15, 0.2) is 0 Å². The minimum absolute atomic E-state index is 0.0348. The van der Waals surface area contributed by atoms with E-state index in [4.69, 9.17) is 10.5 Å². The summed E-state index contributed by atoms with van der Waals surface area (Å²) in [6, 6.07) is -1.71. The molecule has 0 aliphatic carbocycles. The number of hydrogen-bond donors (Lipinski definition) is 4. The standard InChI is InChI=1S/C27H47N5O6/c1-38-20-15-18-32(19-16-20)27(37)22-12-14-25(35)30-21(11-13-23(28)33)26(36)29-17-9-7-5-3-2-4-6-8-10-24(34)31-22/h20-22H,2-19H2,1H3,(H2,28,33)(H,29,36)(H,30,35)(H,31,34)/t21-,22-/m0/s1. The van der Waals surface area contributed by atoms with Gasteiger partial charge in [-0.05, 0) is 38.5 Å². The molecule has 2 fully saturated rings. The van der Waals surface area contributed by atoms with Crippen molar-refractivity contribution in [2.24, 2.45) is 5.73 Å². The molecule has 5 amide bonds. The molecule has 2 aliphatic heterocycles. The van der Waals surface area contributed by atoms with Gasteiger partial charge in [0.05, 0.1) is 6.10 Å². The Hall–Kier alpha value is -2.69. The summed E-state index contributed by atoms with van der Waals surface area (Å²) in [7, 11) is 1.66. The number of ether oxygens (including phenoxy) is 1. The van der Waals surface area contributed by atoms with Crippen LogP contribution in [0, 0.1) is 0 Å². The topological polar surface area (TPSA) is 160 Å². The van der Waals surface area contributed by atoms with Gasteiger partial charge in [-0.15, -0.1) is 0 Å². The van der Waals surface area contributed by atoms with Crippen molar-refractivity contribution in [2.45, 2.75) is 114 Å². The zero-order valence-corrected chi connectivity index (χ0v) is 22.9. The molecule has 0 spiro atoms. The number of rotatable bonds is 5. The number of nitrogens with zero attached hydrogens (tertiary/aromatic N) is 1. The molecule has 0 saturated carbocycles. The minimum Gasteiger partial charge on any atom is -0.381 e. The van der Waals surface area contributed by atoms with E-state index in [1.807, 2.05) is 0 Å². The van der Waals surface area contributed by atoms with Gasteiger partial charge in [0.25, 0.3) is 0 Å². The number of carbonyl (C=O) groups is 5. The fraction of sp³-hybridized carbons (Fsp3) is 0.815. The molecule has 2 atom stereocenters. The third-order valence-electron chi connectivity index (χ3n) is 7.34. The lowest BCUT2D eigenvalue weighted by atomic mass is 10.0. The second-order valence-electron chi connectivity index (χ2n) is 10.4. The van der Waals surface area contributed by atoms with Gasteiger partial charge >= 0.3 is 0 Å². The van der Waals surface area contributed by atoms with Gasteiger partial charge in [0.15, 0.2) is 0 Å². The maximum Gasteiger partial charge on any atom is 0.245 e. The molecule has 216 valence electrons. The summed E-state index contributed by atoms with van der Waals surface area (Å²) in [4.78, 5) is 64.5. The number of carbonyl (C=O) groups excluding carboxylic acids is 5. The number of primary amides is 1. The van der Waals surface area contributed by atoms with E-state index in [9.17, 15) is 24.0 Å². The quantitative estimate of drug-likeness (QED) is 0.413. The Morgan fingerprint density at radius 3 is 2.11 bits per heavy atom. The lowest BCUT2D eigenvalue weighted by Crippen LogP contribution is -2.52. The smallest absolute Gasteiger partial charge is 0.245 e. The van der Waals surface area contributed by atoms with Crippen molar-refractivity contribution in [1.82, 2.24) is 20.9 Å². The maximum atomic E-state index is 13.3. The fourth-order valence-corrected chi connectivity index (χ4v) is 4.96. The van der Waals surface area contributed by atoms with E-state index in [0.29, 0.717) is 26.1 Å². The van der Waals surface area contributed by atoms with E-state index in [1.54, 1.807) is 12.0 Å². The molecule has 0 aromatic carbocycles. The van der Waals surface area contributed by atoms with Crippen molar-refractivity contribution in [2.75, 3.05) is 26.7 Å². The summed E-state index contributed by atoms with van der Waals surface area (Å²) in [5.74, 6) is -1.72. The Balaban J connectivity index is 2.07. The summed E-state index contributed by atoms with van der Waals surface area (Å²) in [6.45, 7) is 1.57. The average molecular weight is 538 g/mol. The van der Waals surface area contributed by atoms with Gasteiger partial charge in [-0.1, -0.05) is 38.5 Å². The first-order valence-corrected chi connectivity index (χ1v) is 14.3. The number of hydrogen-bond acceptors (Lipinski definition) is 6. The normalized spacial score (nSPS) is 24.6. The number of likely N-dealkylation sites (tertiary alicyclic amines) is 1. The predicted octanol–water partition coefficient (Wildman–Crippen LogP) is 1.28. The highest BCUT2D eigenvalue weighted by Gasteiger charge is 2.30. The van der Waals surface area contributed by atoms with Gasteiger partial charge in [0, 0.05) is 46.0 Å². The monoisotopic (exact) mass is 537 g/mol. The van der Waals surface area contributed by atoms with Crippen molar-refractivity contribution in [3.05, 3.63) is 0 Å². The van der Waals surface area contributed by atoms with Gasteiger partial charge in [-0.2, -0.15) is 0 Å². The van der Waals surface area contributed by atoms with E-state index in [-0.39, 0.29) is 49.5 Å². The van der Waals surface area contributed by atoms with Crippen molar-refractivity contribution in [3.8, 4) is 0 Å². The van der Waals surface area contributed by atoms with Crippen LogP contribution in [0.2, 0.25) is 0 Å². The maximum absolute atomic E-state index is 13.3. The highest BCUT2D eigenvalue weighted by atomic mass is 16.5. The molecule has 2 rings (SSSR count). The fourth-order valence-electron chi connectivity index (χ4n) is 4.96. The number of nitrogens with two attached hydrogens (primary N) is 1. The molecule has 2 heterocycles. The summed E-state index contributed by atoms with van der Waals surface area (Å²) in [6.07, 6.45) is 9.94. The van der Waals surface area contributed by atoms with Crippen LogP contribution in [0.3, 0.4) is 0 Å². The molecular weight excluding hydrogens is 490 g/mol. The highest BCUT2D eigenvalue weighted by Crippen LogP contribution is 2.16. The number of piperidine rings is 1. The highest BCUT2D eigenvalue weighted by molar-refractivity contribution is 5.90. The third kappa shape index (κ3) is 12.2. The summed E-state index contributed by atoms with van der Waals surface area (Å²) >= 11 is 0. The van der Waals surface area contributed by atoms with Crippen LogP contribution >= 0.6 is 0 Å². The average Bonchev–Trinajstić information content (AvgIpc) is 2.90.